The molecule has 6 heteroatoms. The number of aryl methyl sites for hydroxylation is 1. The number of nitrogens with one attached hydrogen (secondary N) is 2. The molecule has 0 bridgehead atoms. The van der Waals surface area contributed by atoms with E-state index in [4.69, 9.17) is 5.11 Å². The molecule has 18 heavy (non-hydrogen) atoms. The van der Waals surface area contributed by atoms with Crippen LogP contribution in [0.5, 0.6) is 0 Å². The van der Waals surface area contributed by atoms with Crippen LogP contribution >= 0.6 is 0 Å². The SMILES string of the molecule is Cc1nc(C(C)C)[nH]c(=O)c1C(=O)N[C@@H](C)CO. The second-order valence-electron chi connectivity index (χ2n) is 4.62. The highest BCUT2D eigenvalue weighted by Gasteiger charge is 2.18. The number of aromatic amines is 1. The molecule has 1 atom stereocenters. The maximum Gasteiger partial charge on any atom is 0.264 e. The van der Waals surface area contributed by atoms with Crippen LogP contribution in [0, 0.1) is 6.92 Å². The van der Waals surface area contributed by atoms with Crippen molar-refractivity contribution in [2.24, 2.45) is 0 Å². The van der Waals surface area contributed by atoms with Crippen molar-refractivity contribution in [3.63, 3.8) is 0 Å². The Morgan fingerprint density at radius 3 is 2.50 bits per heavy atom. The van der Waals surface area contributed by atoms with Crippen LogP contribution in [-0.2, 0) is 0 Å². The van der Waals surface area contributed by atoms with Crippen molar-refractivity contribution in [1.29, 1.82) is 0 Å². The van der Waals surface area contributed by atoms with E-state index < -0.39 is 17.5 Å². The van der Waals surface area contributed by atoms with E-state index in [9.17, 15) is 9.59 Å². The number of H-pyrrole nitrogens is 1. The largest absolute Gasteiger partial charge is 0.394 e. The molecule has 0 saturated carbocycles. The number of hydrogen-bond acceptors (Lipinski definition) is 4. The van der Waals surface area contributed by atoms with Gasteiger partial charge in [-0.2, -0.15) is 0 Å². The highest BCUT2D eigenvalue weighted by atomic mass is 16.3. The van der Waals surface area contributed by atoms with E-state index in [1.165, 1.54) is 0 Å². The third-order valence-electron chi connectivity index (χ3n) is 2.54. The Kier molecular flexibility index (Phi) is 4.61. The molecule has 0 saturated heterocycles. The summed E-state index contributed by atoms with van der Waals surface area (Å²) in [5.41, 5.74) is -0.0568. The molecule has 1 rings (SSSR count). The Hall–Kier alpha value is -1.69. The third kappa shape index (κ3) is 3.16. The van der Waals surface area contributed by atoms with Crippen molar-refractivity contribution >= 4 is 5.91 Å². The number of aliphatic hydroxyl groups is 1. The molecule has 1 amide bonds. The monoisotopic (exact) mass is 253 g/mol. The molecule has 100 valence electrons. The van der Waals surface area contributed by atoms with Crippen LogP contribution in [0.4, 0.5) is 0 Å². The summed E-state index contributed by atoms with van der Waals surface area (Å²) in [6.07, 6.45) is 0. The van der Waals surface area contributed by atoms with Gasteiger partial charge in [0.2, 0.25) is 0 Å². The predicted octanol–water partition coefficient (Wildman–Crippen LogP) is 0.312. The van der Waals surface area contributed by atoms with E-state index in [1.807, 2.05) is 13.8 Å². The zero-order valence-corrected chi connectivity index (χ0v) is 11.1. The van der Waals surface area contributed by atoms with Gasteiger partial charge in [0.25, 0.3) is 11.5 Å². The smallest absolute Gasteiger partial charge is 0.264 e. The van der Waals surface area contributed by atoms with Crippen molar-refractivity contribution in [2.75, 3.05) is 6.61 Å². The van der Waals surface area contributed by atoms with E-state index in [-0.39, 0.29) is 18.1 Å². The van der Waals surface area contributed by atoms with Crippen LogP contribution in [0.1, 0.15) is 48.6 Å². The zero-order chi connectivity index (χ0) is 13.9. The van der Waals surface area contributed by atoms with Gasteiger partial charge in [-0.3, -0.25) is 9.59 Å². The van der Waals surface area contributed by atoms with Crippen LogP contribution < -0.4 is 10.9 Å². The molecular weight excluding hydrogens is 234 g/mol. The Morgan fingerprint density at radius 1 is 1.44 bits per heavy atom. The topological polar surface area (TPSA) is 95.1 Å². The Balaban J connectivity index is 3.11. The van der Waals surface area contributed by atoms with Crippen molar-refractivity contribution in [1.82, 2.24) is 15.3 Å². The molecule has 1 aromatic rings. The first-order chi connectivity index (χ1) is 8.36. The van der Waals surface area contributed by atoms with Crippen molar-refractivity contribution < 1.29 is 9.90 Å². The van der Waals surface area contributed by atoms with Gasteiger partial charge in [-0.15, -0.1) is 0 Å². The number of hydrogen-bond donors (Lipinski definition) is 3. The van der Waals surface area contributed by atoms with Crippen molar-refractivity contribution in [3.8, 4) is 0 Å². The van der Waals surface area contributed by atoms with Crippen LogP contribution in [0.2, 0.25) is 0 Å². The summed E-state index contributed by atoms with van der Waals surface area (Å²) in [6.45, 7) is 6.91. The standard InChI is InChI=1S/C12H19N3O3/c1-6(2)10-14-8(4)9(12(18)15-10)11(17)13-7(3)5-16/h6-7,16H,5H2,1-4H3,(H,13,17)(H,14,15,18)/t7-/m0/s1. The molecule has 0 spiro atoms. The van der Waals surface area contributed by atoms with Crippen LogP contribution in [-0.4, -0.2) is 33.6 Å². The van der Waals surface area contributed by atoms with Gasteiger partial charge >= 0.3 is 0 Å². The molecule has 0 aromatic carbocycles. The van der Waals surface area contributed by atoms with E-state index in [1.54, 1.807) is 13.8 Å². The van der Waals surface area contributed by atoms with Crippen LogP contribution in [0.3, 0.4) is 0 Å². The molecule has 0 aliphatic heterocycles. The molecule has 0 fully saturated rings. The van der Waals surface area contributed by atoms with Gasteiger partial charge in [0.1, 0.15) is 11.4 Å². The lowest BCUT2D eigenvalue weighted by molar-refractivity contribution is 0.0919. The average molecular weight is 253 g/mol. The van der Waals surface area contributed by atoms with E-state index in [0.717, 1.165) is 0 Å². The minimum Gasteiger partial charge on any atom is -0.394 e. The van der Waals surface area contributed by atoms with Gasteiger partial charge in [0.15, 0.2) is 0 Å². The van der Waals surface area contributed by atoms with Crippen molar-refractivity contribution in [2.45, 2.75) is 39.7 Å². The summed E-state index contributed by atoms with van der Waals surface area (Å²) in [5.74, 6) is 0.132. The lowest BCUT2D eigenvalue weighted by atomic mass is 10.1. The lowest BCUT2D eigenvalue weighted by Crippen LogP contribution is -2.39. The lowest BCUT2D eigenvalue weighted by Gasteiger charge is -2.12. The molecule has 0 aliphatic carbocycles. The third-order valence-corrected chi connectivity index (χ3v) is 2.54. The normalized spacial score (nSPS) is 12.6. The summed E-state index contributed by atoms with van der Waals surface area (Å²) in [7, 11) is 0. The van der Waals surface area contributed by atoms with Gasteiger partial charge in [-0.1, -0.05) is 13.8 Å². The Bertz CT molecular complexity index is 494. The summed E-state index contributed by atoms with van der Waals surface area (Å²) < 4.78 is 0. The number of rotatable bonds is 4. The molecule has 1 heterocycles. The second-order valence-corrected chi connectivity index (χ2v) is 4.62. The predicted molar refractivity (Wildman–Crippen MR) is 67.7 cm³/mol. The molecule has 0 unspecified atom stereocenters. The van der Waals surface area contributed by atoms with E-state index >= 15 is 0 Å². The van der Waals surface area contributed by atoms with Gasteiger partial charge < -0.3 is 15.4 Å². The minimum atomic E-state index is -0.516. The fraction of sp³-hybridized carbons (Fsp3) is 0.583. The maximum absolute atomic E-state index is 11.9. The molecular formula is C12H19N3O3. The van der Waals surface area contributed by atoms with Gasteiger partial charge in [-0.25, -0.2) is 4.98 Å². The molecule has 1 aromatic heterocycles. The van der Waals surface area contributed by atoms with Gasteiger partial charge in [-0.05, 0) is 13.8 Å². The highest BCUT2D eigenvalue weighted by Crippen LogP contribution is 2.08. The molecule has 6 nitrogen and oxygen atoms in total. The summed E-state index contributed by atoms with van der Waals surface area (Å²) >= 11 is 0. The molecule has 0 aliphatic rings. The van der Waals surface area contributed by atoms with Gasteiger partial charge in [0.05, 0.1) is 12.3 Å². The zero-order valence-electron chi connectivity index (χ0n) is 11.1. The van der Waals surface area contributed by atoms with Crippen LogP contribution in [0.25, 0.3) is 0 Å². The van der Waals surface area contributed by atoms with E-state index in [0.29, 0.717) is 11.5 Å². The first-order valence-electron chi connectivity index (χ1n) is 5.89. The molecule has 0 radical (unpaired) electrons. The first kappa shape index (κ1) is 14.4. The maximum atomic E-state index is 11.9. The number of amides is 1. The second kappa shape index (κ2) is 5.77. The highest BCUT2D eigenvalue weighted by molar-refractivity contribution is 5.94. The summed E-state index contributed by atoms with van der Waals surface area (Å²) in [4.78, 5) is 30.5. The number of aromatic nitrogens is 2. The fourth-order valence-corrected chi connectivity index (χ4v) is 1.49. The van der Waals surface area contributed by atoms with Crippen molar-refractivity contribution in [3.05, 3.63) is 27.4 Å². The average Bonchev–Trinajstić information content (AvgIpc) is 2.27. The summed E-state index contributed by atoms with van der Waals surface area (Å²) in [6, 6.07) is -0.402. The quantitative estimate of drug-likeness (QED) is 0.719. The summed E-state index contributed by atoms with van der Waals surface area (Å²) in [5, 5.41) is 11.4. The number of carbonyl (C=O) groups excluding carboxylic acids is 1. The van der Waals surface area contributed by atoms with E-state index in [2.05, 4.69) is 15.3 Å². The fourth-order valence-electron chi connectivity index (χ4n) is 1.49. The van der Waals surface area contributed by atoms with Crippen LogP contribution in [0.15, 0.2) is 4.79 Å². The number of nitrogens with zero attached hydrogens (tertiary/aromatic N) is 1. The number of aliphatic hydroxyl groups excluding tert-OH is 1. The minimum absolute atomic E-state index is 0.000278. The first-order valence-corrected chi connectivity index (χ1v) is 5.89. The molecule has 3 N–H and O–H groups in total. The number of carbonyl (C=O) groups is 1. The van der Waals surface area contributed by atoms with Gasteiger partial charge in [0, 0.05) is 12.0 Å². The Labute approximate surface area is 105 Å². The Morgan fingerprint density at radius 2 is 2.06 bits per heavy atom.